The topological polar surface area (TPSA) is 46.2 Å². The number of rotatable bonds is 1. The second-order valence-electron chi connectivity index (χ2n) is 5.20. The number of thioether (sulfide) groups is 1. The third-order valence-electron chi connectivity index (χ3n) is 4.01. The van der Waals surface area contributed by atoms with Crippen LogP contribution in [0, 0.1) is 0 Å². The minimum absolute atomic E-state index is 0.136. The molecule has 0 bridgehead atoms. The molecule has 3 N–H and O–H groups in total. The summed E-state index contributed by atoms with van der Waals surface area (Å²) in [5.41, 5.74) is 4.50. The molecule has 0 aromatic rings. The monoisotopic (exact) mass is 251 g/mol. The Morgan fingerprint density at radius 1 is 1.06 bits per heavy atom. The second kappa shape index (κ2) is 4.10. The van der Waals surface area contributed by atoms with Gasteiger partial charge in [-0.1, -0.05) is 0 Å². The highest BCUT2D eigenvalue weighted by molar-refractivity contribution is 7.99. The van der Waals surface area contributed by atoms with E-state index in [1.54, 1.807) is 11.8 Å². The van der Waals surface area contributed by atoms with Gasteiger partial charge < -0.3 is 10.8 Å². The van der Waals surface area contributed by atoms with Gasteiger partial charge in [0.2, 0.25) is 5.92 Å². The summed E-state index contributed by atoms with van der Waals surface area (Å²) < 4.78 is 26.2. The maximum Gasteiger partial charge on any atom is 0.248 e. The van der Waals surface area contributed by atoms with Crippen LogP contribution in [0.15, 0.2) is 0 Å². The van der Waals surface area contributed by atoms with E-state index in [2.05, 4.69) is 0 Å². The molecule has 2 fully saturated rings. The van der Waals surface area contributed by atoms with E-state index >= 15 is 0 Å². The van der Waals surface area contributed by atoms with Crippen LogP contribution in [-0.2, 0) is 0 Å². The highest BCUT2D eigenvalue weighted by Crippen LogP contribution is 2.46. The smallest absolute Gasteiger partial charge is 0.248 e. The predicted molar refractivity (Wildman–Crippen MR) is 61.8 cm³/mol. The fraction of sp³-hybridized carbons (Fsp3) is 1.00. The Morgan fingerprint density at radius 2 is 1.69 bits per heavy atom. The molecule has 0 amide bonds. The van der Waals surface area contributed by atoms with Crippen LogP contribution in [-0.4, -0.2) is 33.7 Å². The molecule has 1 unspecified atom stereocenters. The average Bonchev–Trinajstić information content (AvgIpc) is 2.24. The van der Waals surface area contributed by atoms with Crippen LogP contribution >= 0.6 is 11.8 Å². The molecular formula is C11H19F2NOS. The Balaban J connectivity index is 2.07. The quantitative estimate of drug-likeness (QED) is 0.750. The van der Waals surface area contributed by atoms with E-state index in [-0.39, 0.29) is 25.7 Å². The first kappa shape index (κ1) is 12.6. The molecule has 16 heavy (non-hydrogen) atoms. The Hall–Kier alpha value is 0.130. The lowest BCUT2D eigenvalue weighted by Crippen LogP contribution is -2.65. The van der Waals surface area contributed by atoms with Crippen molar-refractivity contribution in [1.29, 1.82) is 0 Å². The van der Waals surface area contributed by atoms with Crippen LogP contribution in [0.3, 0.4) is 0 Å². The Labute approximate surface area is 99.0 Å². The van der Waals surface area contributed by atoms with Gasteiger partial charge in [-0.05, 0) is 31.4 Å². The summed E-state index contributed by atoms with van der Waals surface area (Å²) in [5, 5.41) is 10.5. The van der Waals surface area contributed by atoms with Crippen molar-refractivity contribution in [2.24, 2.45) is 5.73 Å². The predicted octanol–water partition coefficient (Wildman–Crippen LogP) is 2.15. The van der Waals surface area contributed by atoms with Gasteiger partial charge in [0.15, 0.2) is 0 Å². The first-order chi connectivity index (χ1) is 7.37. The molecular weight excluding hydrogens is 232 g/mol. The van der Waals surface area contributed by atoms with Gasteiger partial charge in [0.05, 0.1) is 11.1 Å². The molecule has 1 saturated carbocycles. The van der Waals surface area contributed by atoms with E-state index in [1.165, 1.54) is 0 Å². The third-order valence-corrected chi connectivity index (χ3v) is 5.30. The summed E-state index contributed by atoms with van der Waals surface area (Å²) in [4.78, 5) is 0. The first-order valence-electron chi connectivity index (χ1n) is 5.84. The van der Waals surface area contributed by atoms with Crippen molar-refractivity contribution in [3.8, 4) is 0 Å². The molecule has 2 nitrogen and oxygen atoms in total. The SMILES string of the molecule is NC1(C2(O)CCC(F)(F)CC2)CCCSC1. The summed E-state index contributed by atoms with van der Waals surface area (Å²) in [6.45, 7) is 0. The van der Waals surface area contributed by atoms with E-state index in [0.717, 1.165) is 18.6 Å². The molecule has 1 aliphatic carbocycles. The van der Waals surface area contributed by atoms with Gasteiger partial charge in [-0.3, -0.25) is 0 Å². The Bertz CT molecular complexity index is 257. The van der Waals surface area contributed by atoms with Crippen molar-refractivity contribution in [3.63, 3.8) is 0 Å². The number of hydrogen-bond acceptors (Lipinski definition) is 3. The minimum Gasteiger partial charge on any atom is -0.388 e. The van der Waals surface area contributed by atoms with Gasteiger partial charge in [-0.15, -0.1) is 0 Å². The minimum atomic E-state index is -2.61. The fourth-order valence-corrected chi connectivity index (χ4v) is 3.98. The fourth-order valence-electron chi connectivity index (χ4n) is 2.71. The molecule has 1 heterocycles. The summed E-state index contributed by atoms with van der Waals surface area (Å²) in [6.07, 6.45) is 1.54. The molecule has 2 aliphatic rings. The van der Waals surface area contributed by atoms with Crippen molar-refractivity contribution in [2.75, 3.05) is 11.5 Å². The molecule has 1 saturated heterocycles. The van der Waals surface area contributed by atoms with Crippen LogP contribution in [0.4, 0.5) is 8.78 Å². The molecule has 1 atom stereocenters. The van der Waals surface area contributed by atoms with Crippen molar-refractivity contribution in [1.82, 2.24) is 0 Å². The summed E-state index contributed by atoms with van der Waals surface area (Å²) in [6, 6.07) is 0. The molecule has 0 radical (unpaired) electrons. The Morgan fingerprint density at radius 3 is 2.19 bits per heavy atom. The molecule has 94 valence electrons. The van der Waals surface area contributed by atoms with Gasteiger partial charge in [0, 0.05) is 18.6 Å². The summed E-state index contributed by atoms with van der Waals surface area (Å²) in [5.74, 6) is -0.856. The van der Waals surface area contributed by atoms with Gasteiger partial charge >= 0.3 is 0 Å². The Kier molecular flexibility index (Phi) is 3.23. The number of hydrogen-bond donors (Lipinski definition) is 2. The van der Waals surface area contributed by atoms with Crippen LogP contribution in [0.2, 0.25) is 0 Å². The zero-order valence-electron chi connectivity index (χ0n) is 9.35. The zero-order valence-corrected chi connectivity index (χ0v) is 10.2. The van der Waals surface area contributed by atoms with Crippen LogP contribution in [0.5, 0.6) is 0 Å². The molecule has 0 aromatic carbocycles. The largest absolute Gasteiger partial charge is 0.388 e. The van der Waals surface area contributed by atoms with Crippen molar-refractivity contribution in [2.45, 2.75) is 55.6 Å². The van der Waals surface area contributed by atoms with Crippen LogP contribution in [0.1, 0.15) is 38.5 Å². The third kappa shape index (κ3) is 2.22. The van der Waals surface area contributed by atoms with Gasteiger partial charge in [0.25, 0.3) is 0 Å². The van der Waals surface area contributed by atoms with E-state index in [0.29, 0.717) is 5.75 Å². The van der Waals surface area contributed by atoms with Gasteiger partial charge in [-0.25, -0.2) is 8.78 Å². The maximum atomic E-state index is 13.1. The lowest BCUT2D eigenvalue weighted by molar-refractivity contribution is -0.131. The summed E-state index contributed by atoms with van der Waals surface area (Å²) in [7, 11) is 0. The van der Waals surface area contributed by atoms with Crippen molar-refractivity contribution in [3.05, 3.63) is 0 Å². The standard InChI is InChI=1S/C11H19F2NOS/c12-11(13)5-3-10(15,4-6-11)9(14)2-1-7-16-8-9/h15H,1-8,14H2. The number of nitrogens with two attached hydrogens (primary N) is 1. The maximum absolute atomic E-state index is 13.1. The van der Waals surface area contributed by atoms with E-state index in [9.17, 15) is 13.9 Å². The van der Waals surface area contributed by atoms with Gasteiger partial charge in [0.1, 0.15) is 0 Å². The van der Waals surface area contributed by atoms with Gasteiger partial charge in [-0.2, -0.15) is 11.8 Å². The highest BCUT2D eigenvalue weighted by Gasteiger charge is 2.53. The molecule has 0 spiro atoms. The highest BCUT2D eigenvalue weighted by atomic mass is 32.2. The number of alkyl halides is 2. The van der Waals surface area contributed by atoms with Crippen molar-refractivity contribution < 1.29 is 13.9 Å². The van der Waals surface area contributed by atoms with Crippen LogP contribution < -0.4 is 5.73 Å². The van der Waals surface area contributed by atoms with Crippen LogP contribution in [0.25, 0.3) is 0 Å². The van der Waals surface area contributed by atoms with E-state index < -0.39 is 17.1 Å². The van der Waals surface area contributed by atoms with E-state index in [1.807, 2.05) is 0 Å². The zero-order chi connectivity index (χ0) is 11.9. The lowest BCUT2D eigenvalue weighted by Gasteiger charge is -2.49. The molecule has 5 heteroatoms. The second-order valence-corrected chi connectivity index (χ2v) is 6.30. The molecule has 1 aliphatic heterocycles. The first-order valence-corrected chi connectivity index (χ1v) is 6.99. The molecule has 2 rings (SSSR count). The van der Waals surface area contributed by atoms with Crippen molar-refractivity contribution >= 4 is 11.8 Å². The summed E-state index contributed by atoms with van der Waals surface area (Å²) >= 11 is 1.72. The normalized spacial score (nSPS) is 38.2. The average molecular weight is 251 g/mol. The number of aliphatic hydroxyl groups is 1. The number of halogens is 2. The lowest BCUT2D eigenvalue weighted by atomic mass is 9.69. The van der Waals surface area contributed by atoms with E-state index in [4.69, 9.17) is 5.73 Å². The molecule has 0 aromatic heterocycles.